The highest BCUT2D eigenvalue weighted by atomic mass is 32.1. The van der Waals surface area contributed by atoms with Gasteiger partial charge in [-0.15, -0.1) is 11.3 Å². The second kappa shape index (κ2) is 6.62. The number of urea groups is 1. The molecule has 1 N–H and O–H groups in total. The molecular formula is C13H18F3N3O3S. The van der Waals surface area contributed by atoms with E-state index in [2.05, 4.69) is 10.3 Å². The van der Waals surface area contributed by atoms with Crippen LogP contribution in [0.15, 0.2) is 5.38 Å². The Balaban J connectivity index is 2.05. The third-order valence-corrected chi connectivity index (χ3v) is 3.94. The van der Waals surface area contributed by atoms with Crippen molar-refractivity contribution in [2.45, 2.75) is 38.3 Å². The smallest absolute Gasteiger partial charge is 0.378 e. The number of carbonyl (C=O) groups is 1. The first-order valence-electron chi connectivity index (χ1n) is 6.84. The van der Waals surface area contributed by atoms with Crippen LogP contribution in [-0.4, -0.2) is 54.0 Å². The molecule has 1 unspecified atom stereocenters. The fourth-order valence-electron chi connectivity index (χ4n) is 2.26. The Labute approximate surface area is 135 Å². The zero-order valence-electron chi connectivity index (χ0n) is 12.9. The van der Waals surface area contributed by atoms with Crippen LogP contribution in [0, 0.1) is 0 Å². The number of morpholine rings is 1. The number of aromatic nitrogens is 1. The van der Waals surface area contributed by atoms with Crippen molar-refractivity contribution in [3.8, 4) is 0 Å². The van der Waals surface area contributed by atoms with E-state index >= 15 is 0 Å². The van der Waals surface area contributed by atoms with E-state index in [-0.39, 0.29) is 6.54 Å². The van der Waals surface area contributed by atoms with Gasteiger partial charge in [-0.1, -0.05) is 0 Å². The maximum absolute atomic E-state index is 12.9. The summed E-state index contributed by atoms with van der Waals surface area (Å²) in [5.41, 5.74) is -0.442. The Morgan fingerprint density at radius 1 is 1.61 bits per heavy atom. The summed E-state index contributed by atoms with van der Waals surface area (Å²) in [6.45, 7) is 2.85. The number of thiazole rings is 1. The van der Waals surface area contributed by atoms with Crippen LogP contribution in [0.4, 0.5) is 23.1 Å². The van der Waals surface area contributed by atoms with E-state index in [1.54, 1.807) is 5.38 Å². The molecule has 0 bridgehead atoms. The zero-order valence-corrected chi connectivity index (χ0v) is 13.8. The van der Waals surface area contributed by atoms with Gasteiger partial charge in [-0.2, -0.15) is 13.2 Å². The largest absolute Gasteiger partial charge is 0.416 e. The molecule has 1 aliphatic heterocycles. The molecule has 6 nitrogen and oxygen atoms in total. The third-order valence-electron chi connectivity index (χ3n) is 3.13. The summed E-state index contributed by atoms with van der Waals surface area (Å²) >= 11 is 1.18. The highest BCUT2D eigenvalue weighted by Gasteiger charge is 2.49. The van der Waals surface area contributed by atoms with Crippen LogP contribution in [-0.2, 0) is 16.1 Å². The van der Waals surface area contributed by atoms with Gasteiger partial charge in [-0.05, 0) is 13.8 Å². The highest BCUT2D eigenvalue weighted by Crippen LogP contribution is 2.32. The quantitative estimate of drug-likeness (QED) is 0.908. The predicted molar refractivity (Wildman–Crippen MR) is 78.4 cm³/mol. The van der Waals surface area contributed by atoms with Crippen LogP contribution >= 0.6 is 11.3 Å². The second-order valence-corrected chi connectivity index (χ2v) is 6.65. The SMILES string of the molecule is COCc1csc(NC(=O)N2CC(C(F)(F)F)OC(C)(C)C2)n1. The summed E-state index contributed by atoms with van der Waals surface area (Å²) in [5, 5.41) is 4.54. The lowest BCUT2D eigenvalue weighted by atomic mass is 10.1. The normalized spacial score (nSPS) is 21.3. The number of amides is 2. The van der Waals surface area contributed by atoms with Gasteiger partial charge in [0.2, 0.25) is 0 Å². The molecule has 1 saturated heterocycles. The first kappa shape index (κ1) is 18.0. The number of nitrogens with one attached hydrogen (secondary N) is 1. The van der Waals surface area contributed by atoms with Gasteiger partial charge in [0.05, 0.1) is 31.0 Å². The number of nitrogens with zero attached hydrogens (tertiary/aromatic N) is 2. The summed E-state index contributed by atoms with van der Waals surface area (Å²) in [6.07, 6.45) is -6.53. The Hall–Kier alpha value is -1.39. The molecule has 10 heteroatoms. The van der Waals surface area contributed by atoms with E-state index in [1.807, 2.05) is 0 Å². The molecule has 2 rings (SSSR count). The van der Waals surface area contributed by atoms with Gasteiger partial charge in [-0.25, -0.2) is 9.78 Å². The zero-order chi connectivity index (χ0) is 17.3. The molecule has 2 amide bonds. The van der Waals surface area contributed by atoms with E-state index in [4.69, 9.17) is 9.47 Å². The van der Waals surface area contributed by atoms with Crippen LogP contribution in [0.1, 0.15) is 19.5 Å². The van der Waals surface area contributed by atoms with Crippen LogP contribution in [0.5, 0.6) is 0 Å². The molecule has 0 aromatic carbocycles. The third kappa shape index (κ3) is 4.79. The molecule has 2 heterocycles. The summed E-state index contributed by atoms with van der Waals surface area (Å²) in [5.74, 6) is 0. The minimum atomic E-state index is -4.52. The Bertz CT molecular complexity index is 562. The van der Waals surface area contributed by atoms with E-state index in [0.717, 1.165) is 4.90 Å². The average molecular weight is 353 g/mol. The minimum Gasteiger partial charge on any atom is -0.378 e. The molecule has 0 aliphatic carbocycles. The van der Waals surface area contributed by atoms with Gasteiger partial charge < -0.3 is 14.4 Å². The fourth-order valence-corrected chi connectivity index (χ4v) is 2.94. The number of methoxy groups -OCH3 is 1. The van der Waals surface area contributed by atoms with E-state index < -0.39 is 30.5 Å². The average Bonchev–Trinajstić information content (AvgIpc) is 2.83. The minimum absolute atomic E-state index is 0.0573. The highest BCUT2D eigenvalue weighted by molar-refractivity contribution is 7.13. The Morgan fingerprint density at radius 3 is 2.91 bits per heavy atom. The van der Waals surface area contributed by atoms with Gasteiger partial charge in [0.25, 0.3) is 0 Å². The van der Waals surface area contributed by atoms with Crippen molar-refractivity contribution in [3.05, 3.63) is 11.1 Å². The maximum Gasteiger partial charge on any atom is 0.416 e. The van der Waals surface area contributed by atoms with Crippen molar-refractivity contribution in [1.82, 2.24) is 9.88 Å². The molecule has 1 aliphatic rings. The molecule has 1 aromatic rings. The van der Waals surface area contributed by atoms with Gasteiger partial charge in [0.15, 0.2) is 11.2 Å². The standard InChI is InChI=1S/C13H18F3N3O3S/c1-12(2)7-19(4-9(22-12)13(14,15)16)11(20)18-10-17-8(5-21-3)6-23-10/h6,9H,4-5,7H2,1-3H3,(H,17,18,20). The first-order valence-corrected chi connectivity index (χ1v) is 7.72. The summed E-state index contributed by atoms with van der Waals surface area (Å²) < 4.78 is 48.7. The molecule has 1 atom stereocenters. The number of hydrogen-bond donors (Lipinski definition) is 1. The molecule has 23 heavy (non-hydrogen) atoms. The van der Waals surface area contributed by atoms with Crippen molar-refractivity contribution in [3.63, 3.8) is 0 Å². The van der Waals surface area contributed by atoms with Crippen molar-refractivity contribution >= 4 is 22.5 Å². The predicted octanol–water partition coefficient (Wildman–Crippen LogP) is 2.86. The van der Waals surface area contributed by atoms with Crippen molar-refractivity contribution in [1.29, 1.82) is 0 Å². The van der Waals surface area contributed by atoms with Crippen LogP contribution in [0.2, 0.25) is 0 Å². The topological polar surface area (TPSA) is 63.7 Å². The van der Waals surface area contributed by atoms with Crippen LogP contribution in [0.25, 0.3) is 0 Å². The van der Waals surface area contributed by atoms with Gasteiger partial charge in [0, 0.05) is 12.5 Å². The number of alkyl halides is 3. The number of halogens is 3. The molecule has 0 radical (unpaired) electrons. The number of carbonyl (C=O) groups excluding carboxylic acids is 1. The van der Waals surface area contributed by atoms with E-state index in [1.165, 1.54) is 32.3 Å². The monoisotopic (exact) mass is 353 g/mol. The fraction of sp³-hybridized carbons (Fsp3) is 0.692. The number of hydrogen-bond acceptors (Lipinski definition) is 5. The summed E-state index contributed by atoms with van der Waals surface area (Å²) in [4.78, 5) is 17.4. The molecule has 130 valence electrons. The molecule has 1 fully saturated rings. The lowest BCUT2D eigenvalue weighted by Crippen LogP contribution is -2.59. The van der Waals surface area contributed by atoms with Crippen LogP contribution in [0.3, 0.4) is 0 Å². The first-order chi connectivity index (χ1) is 10.6. The Morgan fingerprint density at radius 2 is 2.30 bits per heavy atom. The lowest BCUT2D eigenvalue weighted by Gasteiger charge is -2.42. The molecular weight excluding hydrogens is 335 g/mol. The lowest BCUT2D eigenvalue weighted by molar-refractivity contribution is -0.267. The van der Waals surface area contributed by atoms with Gasteiger partial charge in [-0.3, -0.25) is 5.32 Å². The number of ether oxygens (including phenoxy) is 2. The molecule has 1 aromatic heterocycles. The second-order valence-electron chi connectivity index (χ2n) is 5.80. The molecule has 0 saturated carbocycles. The Kier molecular flexibility index (Phi) is 5.17. The van der Waals surface area contributed by atoms with Crippen LogP contribution < -0.4 is 5.32 Å². The van der Waals surface area contributed by atoms with E-state index in [9.17, 15) is 18.0 Å². The number of rotatable bonds is 3. The maximum atomic E-state index is 12.9. The molecule has 0 spiro atoms. The van der Waals surface area contributed by atoms with Gasteiger partial charge >= 0.3 is 12.2 Å². The van der Waals surface area contributed by atoms with Crippen molar-refractivity contribution in [2.24, 2.45) is 0 Å². The summed E-state index contributed by atoms with van der Waals surface area (Å²) in [7, 11) is 1.52. The van der Waals surface area contributed by atoms with Crippen molar-refractivity contribution < 1.29 is 27.4 Å². The van der Waals surface area contributed by atoms with Crippen molar-refractivity contribution in [2.75, 3.05) is 25.5 Å². The van der Waals surface area contributed by atoms with E-state index in [0.29, 0.717) is 17.4 Å². The number of anilines is 1. The van der Waals surface area contributed by atoms with Gasteiger partial charge in [0.1, 0.15) is 0 Å². The summed E-state index contributed by atoms with van der Waals surface area (Å²) in [6, 6.07) is -0.631.